The molecule has 0 atom stereocenters. The summed E-state index contributed by atoms with van der Waals surface area (Å²) in [6, 6.07) is 14.6. The molecular weight excluding hydrogens is 366 g/mol. The molecule has 0 saturated carbocycles. The Morgan fingerprint density at radius 1 is 1.00 bits per heavy atom. The van der Waals surface area contributed by atoms with Crippen molar-refractivity contribution in [1.29, 1.82) is 0 Å². The van der Waals surface area contributed by atoms with Crippen LogP contribution in [0.1, 0.15) is 15.9 Å². The Hall–Kier alpha value is -3.25. The van der Waals surface area contributed by atoms with Gasteiger partial charge in [0.15, 0.2) is 11.5 Å². The SMILES string of the molecule is O=C(NCc1ccc2c(c1)OCO2)c1cncc(Nc2ccc(Cl)cc2)c1. The Bertz CT molecular complexity index is 976. The molecule has 0 fully saturated rings. The third-order valence-corrected chi connectivity index (χ3v) is 4.28. The van der Waals surface area contributed by atoms with Crippen molar-refractivity contribution in [1.82, 2.24) is 10.3 Å². The third kappa shape index (κ3) is 4.12. The topological polar surface area (TPSA) is 72.5 Å². The molecule has 0 bridgehead atoms. The number of hydrogen-bond donors (Lipinski definition) is 2. The van der Waals surface area contributed by atoms with Crippen LogP contribution in [0.3, 0.4) is 0 Å². The van der Waals surface area contributed by atoms with Crippen LogP contribution in [0.2, 0.25) is 5.02 Å². The summed E-state index contributed by atoms with van der Waals surface area (Å²) in [6.07, 6.45) is 3.19. The predicted octanol–water partition coefficient (Wildman–Crippen LogP) is 4.14. The van der Waals surface area contributed by atoms with Crippen molar-refractivity contribution in [2.45, 2.75) is 6.54 Å². The maximum atomic E-state index is 12.4. The normalized spacial score (nSPS) is 11.9. The summed E-state index contributed by atoms with van der Waals surface area (Å²) >= 11 is 5.89. The minimum absolute atomic E-state index is 0.208. The fourth-order valence-electron chi connectivity index (χ4n) is 2.67. The average molecular weight is 382 g/mol. The molecule has 2 aromatic carbocycles. The van der Waals surface area contributed by atoms with Gasteiger partial charge in [-0.05, 0) is 48.0 Å². The lowest BCUT2D eigenvalue weighted by Crippen LogP contribution is -2.23. The Balaban J connectivity index is 1.40. The molecular formula is C20H16ClN3O3. The maximum Gasteiger partial charge on any atom is 0.253 e. The van der Waals surface area contributed by atoms with E-state index in [9.17, 15) is 4.79 Å². The minimum Gasteiger partial charge on any atom is -0.454 e. The average Bonchev–Trinajstić information content (AvgIpc) is 3.16. The molecule has 6 nitrogen and oxygen atoms in total. The summed E-state index contributed by atoms with van der Waals surface area (Å²) in [7, 11) is 0. The molecule has 0 aliphatic carbocycles. The summed E-state index contributed by atoms with van der Waals surface area (Å²) in [4.78, 5) is 16.6. The van der Waals surface area contributed by atoms with Gasteiger partial charge in [-0.3, -0.25) is 9.78 Å². The van der Waals surface area contributed by atoms with Gasteiger partial charge in [0.2, 0.25) is 6.79 Å². The van der Waals surface area contributed by atoms with Crippen molar-refractivity contribution >= 4 is 28.9 Å². The Morgan fingerprint density at radius 2 is 1.81 bits per heavy atom. The van der Waals surface area contributed by atoms with Crippen molar-refractivity contribution < 1.29 is 14.3 Å². The van der Waals surface area contributed by atoms with Crippen LogP contribution in [0.25, 0.3) is 0 Å². The molecule has 1 aliphatic heterocycles. The number of anilines is 2. The summed E-state index contributed by atoms with van der Waals surface area (Å²) in [5.74, 6) is 1.20. The van der Waals surface area contributed by atoms with E-state index in [1.54, 1.807) is 24.4 Å². The number of rotatable bonds is 5. The third-order valence-electron chi connectivity index (χ3n) is 4.02. The highest BCUT2D eigenvalue weighted by Crippen LogP contribution is 2.32. The second-order valence-corrected chi connectivity index (χ2v) is 6.40. The van der Waals surface area contributed by atoms with Crippen LogP contribution < -0.4 is 20.1 Å². The number of ether oxygens (including phenoxy) is 2. The highest BCUT2D eigenvalue weighted by Gasteiger charge is 2.14. The van der Waals surface area contributed by atoms with Crippen molar-refractivity contribution in [2.75, 3.05) is 12.1 Å². The molecule has 3 aromatic rings. The van der Waals surface area contributed by atoms with Crippen LogP contribution in [0, 0.1) is 0 Å². The molecule has 7 heteroatoms. The van der Waals surface area contributed by atoms with Gasteiger partial charge in [-0.2, -0.15) is 0 Å². The van der Waals surface area contributed by atoms with Gasteiger partial charge in [-0.25, -0.2) is 0 Å². The fourth-order valence-corrected chi connectivity index (χ4v) is 2.79. The summed E-state index contributed by atoms with van der Waals surface area (Å²) in [5, 5.41) is 6.74. The Morgan fingerprint density at radius 3 is 2.67 bits per heavy atom. The molecule has 136 valence electrons. The molecule has 1 aliphatic rings. The molecule has 1 aromatic heterocycles. The van der Waals surface area contributed by atoms with Crippen LogP contribution in [0.15, 0.2) is 60.9 Å². The number of nitrogens with zero attached hydrogens (tertiary/aromatic N) is 1. The van der Waals surface area contributed by atoms with Gasteiger partial charge in [0.25, 0.3) is 5.91 Å². The second kappa shape index (κ2) is 7.55. The molecule has 2 N–H and O–H groups in total. The zero-order valence-corrected chi connectivity index (χ0v) is 15.0. The quantitative estimate of drug-likeness (QED) is 0.695. The summed E-state index contributed by atoms with van der Waals surface area (Å²) in [6.45, 7) is 0.606. The first-order valence-corrected chi connectivity index (χ1v) is 8.69. The van der Waals surface area contributed by atoms with E-state index in [0.29, 0.717) is 28.6 Å². The minimum atomic E-state index is -0.208. The monoisotopic (exact) mass is 381 g/mol. The van der Waals surface area contributed by atoms with Gasteiger partial charge in [-0.15, -0.1) is 0 Å². The van der Waals surface area contributed by atoms with E-state index in [4.69, 9.17) is 21.1 Å². The van der Waals surface area contributed by atoms with Gasteiger partial charge < -0.3 is 20.1 Å². The van der Waals surface area contributed by atoms with Crippen molar-refractivity contribution in [3.05, 3.63) is 77.1 Å². The number of halogens is 1. The lowest BCUT2D eigenvalue weighted by atomic mass is 10.2. The van der Waals surface area contributed by atoms with Crippen LogP contribution in [-0.2, 0) is 6.54 Å². The number of hydrogen-bond acceptors (Lipinski definition) is 5. The van der Waals surface area contributed by atoms with Crippen molar-refractivity contribution in [3.63, 3.8) is 0 Å². The maximum absolute atomic E-state index is 12.4. The van der Waals surface area contributed by atoms with E-state index in [1.165, 1.54) is 6.20 Å². The second-order valence-electron chi connectivity index (χ2n) is 5.96. The van der Waals surface area contributed by atoms with Crippen LogP contribution in [0.5, 0.6) is 11.5 Å². The fraction of sp³-hybridized carbons (Fsp3) is 0.100. The number of benzene rings is 2. The predicted molar refractivity (Wildman–Crippen MR) is 103 cm³/mol. The molecule has 0 saturated heterocycles. The lowest BCUT2D eigenvalue weighted by molar-refractivity contribution is 0.0950. The zero-order chi connectivity index (χ0) is 18.6. The number of nitrogens with one attached hydrogen (secondary N) is 2. The van der Waals surface area contributed by atoms with E-state index < -0.39 is 0 Å². The van der Waals surface area contributed by atoms with Crippen LogP contribution in [-0.4, -0.2) is 17.7 Å². The van der Waals surface area contributed by atoms with Gasteiger partial charge in [0.1, 0.15) is 0 Å². The van der Waals surface area contributed by atoms with Gasteiger partial charge in [-0.1, -0.05) is 17.7 Å². The van der Waals surface area contributed by atoms with Crippen molar-refractivity contribution in [2.24, 2.45) is 0 Å². The molecule has 0 radical (unpaired) electrons. The van der Waals surface area contributed by atoms with Crippen molar-refractivity contribution in [3.8, 4) is 11.5 Å². The summed E-state index contributed by atoms with van der Waals surface area (Å²) in [5.41, 5.74) is 2.97. The highest BCUT2D eigenvalue weighted by atomic mass is 35.5. The first-order valence-electron chi connectivity index (χ1n) is 8.32. The van der Waals surface area contributed by atoms with E-state index in [2.05, 4.69) is 15.6 Å². The van der Waals surface area contributed by atoms with E-state index in [0.717, 1.165) is 17.0 Å². The molecule has 0 spiro atoms. The number of fused-ring (bicyclic) bond motifs is 1. The number of carbonyl (C=O) groups is 1. The first kappa shape index (κ1) is 17.2. The smallest absolute Gasteiger partial charge is 0.253 e. The van der Waals surface area contributed by atoms with Gasteiger partial charge >= 0.3 is 0 Å². The Labute approximate surface area is 161 Å². The highest BCUT2D eigenvalue weighted by molar-refractivity contribution is 6.30. The zero-order valence-electron chi connectivity index (χ0n) is 14.2. The number of carbonyl (C=O) groups excluding carboxylic acids is 1. The standard InChI is InChI=1S/C20H16ClN3O3/c21-15-2-4-16(5-3-15)24-17-8-14(10-22-11-17)20(25)23-9-13-1-6-18-19(7-13)27-12-26-18/h1-8,10-11,24H,9,12H2,(H,23,25). The van der Waals surface area contributed by atoms with Gasteiger partial charge in [0.05, 0.1) is 17.4 Å². The Kier molecular flexibility index (Phi) is 4.80. The number of amides is 1. The summed E-state index contributed by atoms with van der Waals surface area (Å²) < 4.78 is 10.6. The molecule has 1 amide bonds. The molecule has 27 heavy (non-hydrogen) atoms. The largest absolute Gasteiger partial charge is 0.454 e. The first-order chi connectivity index (χ1) is 13.2. The van der Waals surface area contributed by atoms with Gasteiger partial charge in [0, 0.05) is 23.5 Å². The molecule has 4 rings (SSSR count). The lowest BCUT2D eigenvalue weighted by Gasteiger charge is -2.09. The number of aromatic nitrogens is 1. The van der Waals surface area contributed by atoms with Crippen LogP contribution in [0.4, 0.5) is 11.4 Å². The number of pyridine rings is 1. The molecule has 0 unspecified atom stereocenters. The molecule has 2 heterocycles. The van der Waals surface area contributed by atoms with E-state index in [-0.39, 0.29) is 12.7 Å². The van der Waals surface area contributed by atoms with Crippen LogP contribution >= 0.6 is 11.6 Å². The van der Waals surface area contributed by atoms with E-state index in [1.807, 2.05) is 30.3 Å². The van der Waals surface area contributed by atoms with E-state index >= 15 is 0 Å².